The van der Waals surface area contributed by atoms with Gasteiger partial charge in [0.25, 0.3) is 0 Å². The fourth-order valence-electron chi connectivity index (χ4n) is 0.762. The lowest BCUT2D eigenvalue weighted by atomic mass is 10.5. The summed E-state index contributed by atoms with van der Waals surface area (Å²) in [5, 5.41) is 4.51. The number of nitrogens with zero attached hydrogens (tertiary/aromatic N) is 1. The van der Waals surface area contributed by atoms with E-state index >= 15 is 0 Å². The minimum absolute atomic E-state index is 0. The van der Waals surface area contributed by atoms with Crippen molar-refractivity contribution in [3.05, 3.63) is 0 Å². The predicted molar refractivity (Wildman–Crippen MR) is 65.4 cm³/mol. The van der Waals surface area contributed by atoms with Crippen molar-refractivity contribution in [2.24, 2.45) is 10.7 Å². The fourth-order valence-corrected chi connectivity index (χ4v) is 1.32. The van der Waals surface area contributed by atoms with Gasteiger partial charge in [0.05, 0.1) is 0 Å². The molecule has 11 nitrogen and oxygen atoms in total. The summed E-state index contributed by atoms with van der Waals surface area (Å²) in [6, 6.07) is -1.38. The fraction of sp³-hybridized carbons (Fsp3) is 0.250. The van der Waals surface area contributed by atoms with Crippen molar-refractivity contribution >= 4 is 60.0 Å². The van der Waals surface area contributed by atoms with Gasteiger partial charge in [-0.3, -0.25) is 0 Å². The molecule has 1 rings (SSSR count). The second kappa shape index (κ2) is 14.5. The van der Waals surface area contributed by atoms with Crippen molar-refractivity contribution in [3.8, 4) is 0 Å². The Morgan fingerprint density at radius 2 is 1.94 bits per heavy atom. The predicted octanol–water partition coefficient (Wildman–Crippen LogP) is -4.79. The molecule has 0 fully saturated rings. The molecule has 18 heavy (non-hydrogen) atoms. The maximum Gasteiger partial charge on any atom is 0.674 e. The lowest BCUT2D eigenvalue weighted by Gasteiger charge is -2.13. The maximum absolute atomic E-state index is 10.7. The zero-order valence-corrected chi connectivity index (χ0v) is 11.9. The van der Waals surface area contributed by atoms with Crippen LogP contribution in [-0.4, -0.2) is 78.0 Å². The first kappa shape index (κ1) is 30.4. The van der Waals surface area contributed by atoms with Crippen LogP contribution in [0.15, 0.2) is 4.99 Å². The minimum atomic E-state index is -0.813. The van der Waals surface area contributed by atoms with Crippen LogP contribution >= 0.6 is 10.0 Å². The number of aliphatic imine (C=N–C) groups is 1. The van der Waals surface area contributed by atoms with E-state index in [0.29, 0.717) is 0 Å². The Labute approximate surface area is 123 Å². The van der Waals surface area contributed by atoms with E-state index in [4.69, 9.17) is 19.6 Å². The maximum atomic E-state index is 10.7. The molecule has 0 saturated heterocycles. The first-order valence-electron chi connectivity index (χ1n) is 3.17. The number of hydrogen-bond donors (Lipinski definition) is 3. The normalized spacial score (nSPS) is 14.6. The standard InChI is InChI=1S/C4H6N4O3.2Al.ClH.4H2O/c5-3(10)6-1-2(9)8-4(11)7-1;;;;;;;/h1H,(H3,5,6,10)(H2,7,8,9,11);;;1H;4*1H2/q;;+2;;;;;/p-2. The Morgan fingerprint density at radius 3 is 2.33 bits per heavy atom. The Kier molecular flexibility index (Phi) is 24.5. The summed E-state index contributed by atoms with van der Waals surface area (Å²) in [6.45, 7) is 0. The molecule has 0 spiro atoms. The van der Waals surface area contributed by atoms with Crippen LogP contribution < -0.4 is 16.4 Å². The van der Waals surface area contributed by atoms with Gasteiger partial charge < -0.3 is 42.1 Å². The molecule has 0 aliphatic carbocycles. The second-order valence-electron chi connectivity index (χ2n) is 2.05. The highest BCUT2D eigenvalue weighted by atomic mass is 35.6. The van der Waals surface area contributed by atoms with Gasteiger partial charge in [-0.15, -0.1) is 0 Å². The average molecular weight is 319 g/mol. The van der Waals surface area contributed by atoms with Gasteiger partial charge in [-0.1, -0.05) is 0 Å². The molecule has 1 aliphatic rings. The first-order chi connectivity index (χ1) is 6.13. The molecule has 0 bridgehead atoms. The van der Waals surface area contributed by atoms with E-state index in [1.807, 2.05) is 0 Å². The van der Waals surface area contributed by atoms with E-state index in [1.54, 1.807) is 0 Å². The lowest BCUT2D eigenvalue weighted by molar-refractivity contribution is 0.242. The van der Waals surface area contributed by atoms with Crippen molar-refractivity contribution in [1.29, 1.82) is 0 Å². The topological polar surface area (TPSA) is 232 Å². The number of nitrogens with one attached hydrogen (secondary N) is 2. The summed E-state index contributed by atoms with van der Waals surface area (Å²) in [5.74, 6) is 0.0359. The van der Waals surface area contributed by atoms with Crippen LogP contribution in [0.1, 0.15) is 0 Å². The Balaban J connectivity index is -0.000000113. The molecule has 0 aromatic carbocycles. The van der Waals surface area contributed by atoms with Crippen LogP contribution in [0, 0.1) is 0 Å². The van der Waals surface area contributed by atoms with Gasteiger partial charge in [0, 0.05) is 17.4 Å². The number of carbonyl (C=O) groups excluding carboxylic acids is 2. The second-order valence-corrected chi connectivity index (χ2v) is 3.00. The van der Waals surface area contributed by atoms with Crippen molar-refractivity contribution in [2.75, 3.05) is 0 Å². The van der Waals surface area contributed by atoms with Gasteiger partial charge in [0.1, 0.15) is 0 Å². The number of halogens is 1. The number of rotatable bonds is 2. The third kappa shape index (κ3) is 9.44. The van der Waals surface area contributed by atoms with E-state index in [0.717, 1.165) is 0 Å². The molecule has 14 heteroatoms. The average Bonchev–Trinajstić information content (AvgIpc) is 2.31. The van der Waals surface area contributed by atoms with E-state index in [2.05, 4.69) is 15.6 Å². The summed E-state index contributed by atoms with van der Waals surface area (Å²) in [6.07, 6.45) is -0.809. The van der Waals surface area contributed by atoms with Crippen LogP contribution in [0.5, 0.6) is 0 Å². The van der Waals surface area contributed by atoms with Crippen molar-refractivity contribution in [1.82, 2.24) is 10.6 Å². The molecule has 104 valence electrons. The van der Waals surface area contributed by atoms with E-state index in [1.165, 1.54) is 0 Å². The Morgan fingerprint density at radius 1 is 1.44 bits per heavy atom. The number of primary amides is 1. The van der Waals surface area contributed by atoms with Gasteiger partial charge in [0.2, 0.25) is 5.90 Å². The summed E-state index contributed by atoms with van der Waals surface area (Å²) in [4.78, 5) is 24.6. The monoisotopic (exact) mass is 318 g/mol. The molecule has 0 saturated carbocycles. The van der Waals surface area contributed by atoms with E-state index < -0.39 is 32.9 Å². The largest absolute Gasteiger partial charge is 0.674 e. The number of hydrogen-bond acceptors (Lipinski definition) is 3. The van der Waals surface area contributed by atoms with Crippen molar-refractivity contribution < 1.29 is 35.3 Å². The van der Waals surface area contributed by atoms with Gasteiger partial charge >= 0.3 is 26.7 Å². The molecule has 4 radical (unpaired) electrons. The first-order valence-corrected chi connectivity index (χ1v) is 5.39. The smallest absolute Gasteiger partial charge is 0.623 e. The van der Waals surface area contributed by atoms with E-state index in [-0.39, 0.29) is 45.2 Å². The lowest BCUT2D eigenvalue weighted by Crippen LogP contribution is -2.50. The highest BCUT2D eigenvalue weighted by molar-refractivity contribution is 6.90. The minimum Gasteiger partial charge on any atom is -0.623 e. The highest BCUT2D eigenvalue weighted by Crippen LogP contribution is 1.98. The number of carbonyl (C=O) groups is 2. The van der Waals surface area contributed by atoms with Crippen LogP contribution in [-0.2, 0) is 3.79 Å². The van der Waals surface area contributed by atoms with Crippen molar-refractivity contribution in [3.63, 3.8) is 0 Å². The summed E-state index contributed by atoms with van der Waals surface area (Å²) < 4.78 is 4.83. The zero-order valence-electron chi connectivity index (χ0n) is 8.86. The SMILES string of the molecule is NC(=O)NC1NC(=O)N=C1[O][Al][Cl].O.O.O.O.[Al]. The van der Waals surface area contributed by atoms with Crippen molar-refractivity contribution in [2.45, 2.75) is 6.17 Å². The zero-order chi connectivity index (χ0) is 9.84. The summed E-state index contributed by atoms with van der Waals surface area (Å²) >= 11 is -0.813. The van der Waals surface area contributed by atoms with Gasteiger partial charge in [-0.05, 0) is 0 Å². The third-order valence-corrected chi connectivity index (χ3v) is 1.78. The molecule has 1 atom stereocenters. The molecule has 0 aromatic rings. The number of nitrogens with two attached hydrogens (primary N) is 1. The third-order valence-electron chi connectivity index (χ3n) is 1.18. The molecule has 12 N–H and O–H groups in total. The van der Waals surface area contributed by atoms with Crippen LogP contribution in [0.4, 0.5) is 9.59 Å². The van der Waals surface area contributed by atoms with E-state index in [9.17, 15) is 9.59 Å². The molecule has 0 aromatic heterocycles. The van der Waals surface area contributed by atoms with Crippen LogP contribution in [0.3, 0.4) is 0 Å². The molecule has 1 heterocycles. The number of urea groups is 2. The van der Waals surface area contributed by atoms with Gasteiger partial charge in [0.15, 0.2) is 6.17 Å². The Bertz CT molecular complexity index is 280. The van der Waals surface area contributed by atoms with Gasteiger partial charge in [-0.2, -0.15) is 4.99 Å². The van der Waals surface area contributed by atoms with Crippen LogP contribution in [0.2, 0.25) is 0 Å². The Hall–Kier alpha value is -0.595. The molecule has 1 aliphatic heterocycles. The van der Waals surface area contributed by atoms with Crippen LogP contribution in [0.25, 0.3) is 0 Å². The summed E-state index contributed by atoms with van der Waals surface area (Å²) in [7, 11) is 5.33. The van der Waals surface area contributed by atoms with Gasteiger partial charge in [-0.25, -0.2) is 19.6 Å². The molecular weight excluding hydrogens is 305 g/mol. The quantitative estimate of drug-likeness (QED) is 0.425. The molecular formula is C4H13Al2ClN4O7. The summed E-state index contributed by atoms with van der Waals surface area (Å²) in [5.41, 5.74) is 4.84. The number of amides is 4. The molecule has 4 amide bonds. The highest BCUT2D eigenvalue weighted by Gasteiger charge is 2.27. The molecule has 1 unspecified atom stereocenters.